The number of methoxy groups -OCH3 is 1. The molecule has 2 aromatic heterocycles. The number of nitrogens with one attached hydrogen (secondary N) is 1. The fourth-order valence-corrected chi connectivity index (χ4v) is 3.24. The number of ether oxygens (including phenoxy) is 1. The van der Waals surface area contributed by atoms with Crippen LogP contribution in [0.5, 0.6) is 0 Å². The van der Waals surface area contributed by atoms with E-state index in [1.807, 2.05) is 0 Å². The highest BCUT2D eigenvalue weighted by molar-refractivity contribution is 8.00. The van der Waals surface area contributed by atoms with E-state index >= 15 is 0 Å². The highest BCUT2D eigenvalue weighted by Gasteiger charge is 2.18. The molecule has 0 spiro atoms. The van der Waals surface area contributed by atoms with Gasteiger partial charge in [-0.15, -0.1) is 0 Å². The molecule has 0 aliphatic rings. The van der Waals surface area contributed by atoms with Crippen LogP contribution in [0.25, 0.3) is 0 Å². The summed E-state index contributed by atoms with van der Waals surface area (Å²) >= 11 is 8.00. The third kappa shape index (κ3) is 2.89. The summed E-state index contributed by atoms with van der Waals surface area (Å²) in [6.07, 6.45) is 1.39. The predicted octanol–water partition coefficient (Wildman–Crippen LogP) is 1.82. The molecule has 9 heteroatoms. The molecule has 94 valence electrons. The zero-order valence-corrected chi connectivity index (χ0v) is 11.4. The van der Waals surface area contributed by atoms with Crippen molar-refractivity contribution in [2.75, 3.05) is 7.11 Å². The van der Waals surface area contributed by atoms with Crippen molar-refractivity contribution in [3.63, 3.8) is 0 Å². The highest BCUT2D eigenvalue weighted by atomic mass is 35.5. The lowest BCUT2D eigenvalue weighted by Gasteiger charge is -1.94. The lowest BCUT2D eigenvalue weighted by atomic mass is 10.6. The maximum absolute atomic E-state index is 11.3. The molecule has 2 heterocycles. The van der Waals surface area contributed by atoms with Gasteiger partial charge >= 0.3 is 5.97 Å². The van der Waals surface area contributed by atoms with Crippen molar-refractivity contribution in [2.45, 2.75) is 9.50 Å². The minimum Gasteiger partial charge on any atom is -0.465 e. The number of halogens is 1. The smallest absolute Gasteiger partial charge is 0.351 e. The van der Waals surface area contributed by atoms with Crippen LogP contribution in [0, 0.1) is 0 Å². The number of carbonyl (C=O) groups excluding carboxylic acids is 1. The van der Waals surface area contributed by atoms with Gasteiger partial charge in [0.25, 0.3) is 5.56 Å². The Morgan fingerprint density at radius 3 is 3.06 bits per heavy atom. The number of esters is 1. The van der Waals surface area contributed by atoms with Gasteiger partial charge in [0.2, 0.25) is 0 Å². The number of nitrogens with zero attached hydrogens (tertiary/aromatic N) is 2. The first kappa shape index (κ1) is 13.1. The van der Waals surface area contributed by atoms with Gasteiger partial charge in [0.15, 0.2) is 19.5 Å². The van der Waals surface area contributed by atoms with E-state index in [1.165, 1.54) is 19.4 Å². The van der Waals surface area contributed by atoms with Crippen LogP contribution in [-0.4, -0.2) is 28.0 Å². The second-order valence-corrected chi connectivity index (χ2v) is 5.53. The zero-order chi connectivity index (χ0) is 13.1. The minimum absolute atomic E-state index is 0.0765. The zero-order valence-electron chi connectivity index (χ0n) is 8.97. The van der Waals surface area contributed by atoms with Gasteiger partial charge in [-0.3, -0.25) is 4.79 Å². The van der Waals surface area contributed by atoms with E-state index in [0.29, 0.717) is 9.50 Å². The number of rotatable bonds is 3. The average Bonchev–Trinajstić information content (AvgIpc) is 2.69. The monoisotopic (exact) mass is 303 g/mol. The normalized spacial score (nSPS) is 10.3. The fraction of sp³-hybridized carbons (Fsp3) is 0.111. The van der Waals surface area contributed by atoms with Crippen molar-refractivity contribution in [1.82, 2.24) is 15.0 Å². The number of carbonyl (C=O) groups is 1. The summed E-state index contributed by atoms with van der Waals surface area (Å²) in [7, 11) is 1.27. The van der Waals surface area contributed by atoms with Crippen LogP contribution in [0.4, 0.5) is 0 Å². The Labute approximate surface area is 114 Å². The standard InChI is InChI=1S/C9H6ClN3O3S2/c1-16-7(15)5-6(10)13-9(17-5)18-8-11-3-2-4(14)12-8/h2-3H,1H3,(H,11,12,14). The average molecular weight is 304 g/mol. The maximum Gasteiger partial charge on any atom is 0.351 e. The molecule has 0 bridgehead atoms. The maximum atomic E-state index is 11.3. The minimum atomic E-state index is -0.543. The molecule has 0 aromatic carbocycles. The van der Waals surface area contributed by atoms with Crippen LogP contribution in [0.2, 0.25) is 5.15 Å². The number of thiazole rings is 1. The number of aromatic nitrogens is 3. The Morgan fingerprint density at radius 1 is 1.61 bits per heavy atom. The third-order valence-electron chi connectivity index (χ3n) is 1.77. The van der Waals surface area contributed by atoms with E-state index in [0.717, 1.165) is 23.1 Å². The van der Waals surface area contributed by atoms with Crippen LogP contribution in [-0.2, 0) is 4.74 Å². The Bertz CT molecular complexity index is 640. The second-order valence-electron chi connectivity index (χ2n) is 2.93. The quantitative estimate of drug-likeness (QED) is 0.687. The Morgan fingerprint density at radius 2 is 2.39 bits per heavy atom. The van der Waals surface area contributed by atoms with Crippen LogP contribution in [0.15, 0.2) is 26.6 Å². The van der Waals surface area contributed by atoms with Crippen molar-refractivity contribution in [3.05, 3.63) is 32.6 Å². The summed E-state index contributed by atoms with van der Waals surface area (Å²) in [5.74, 6) is -0.543. The molecule has 0 saturated heterocycles. The molecular formula is C9H6ClN3O3S2. The van der Waals surface area contributed by atoms with Crippen LogP contribution >= 0.6 is 34.7 Å². The van der Waals surface area contributed by atoms with Gasteiger partial charge in [-0.05, 0) is 11.8 Å². The van der Waals surface area contributed by atoms with Crippen LogP contribution < -0.4 is 5.56 Å². The van der Waals surface area contributed by atoms with E-state index in [-0.39, 0.29) is 15.6 Å². The molecule has 2 aromatic rings. The van der Waals surface area contributed by atoms with E-state index in [9.17, 15) is 9.59 Å². The number of hydrogen-bond acceptors (Lipinski definition) is 7. The SMILES string of the molecule is COC(=O)c1sc(Sc2nccc(=O)[nH]2)nc1Cl. The third-order valence-corrected chi connectivity index (χ3v) is 4.15. The summed E-state index contributed by atoms with van der Waals surface area (Å²) in [6.45, 7) is 0. The van der Waals surface area contributed by atoms with E-state index in [2.05, 4.69) is 19.7 Å². The number of hydrogen-bond donors (Lipinski definition) is 1. The van der Waals surface area contributed by atoms with Gasteiger partial charge < -0.3 is 9.72 Å². The van der Waals surface area contributed by atoms with Gasteiger partial charge in [0.05, 0.1) is 7.11 Å². The lowest BCUT2D eigenvalue weighted by molar-refractivity contribution is 0.0606. The molecule has 1 N–H and O–H groups in total. The topological polar surface area (TPSA) is 84.9 Å². The van der Waals surface area contributed by atoms with Gasteiger partial charge in [0.1, 0.15) is 0 Å². The van der Waals surface area contributed by atoms with Crippen LogP contribution in [0.3, 0.4) is 0 Å². The largest absolute Gasteiger partial charge is 0.465 e. The fourth-order valence-electron chi connectivity index (χ4n) is 1.03. The Balaban J connectivity index is 2.25. The van der Waals surface area contributed by atoms with Crippen molar-refractivity contribution < 1.29 is 9.53 Å². The molecule has 0 atom stereocenters. The van der Waals surface area contributed by atoms with E-state index < -0.39 is 5.97 Å². The van der Waals surface area contributed by atoms with Gasteiger partial charge in [-0.2, -0.15) is 0 Å². The summed E-state index contributed by atoms with van der Waals surface area (Å²) in [4.78, 5) is 33.1. The molecule has 2 rings (SSSR count). The number of aromatic amines is 1. The van der Waals surface area contributed by atoms with Crippen molar-refractivity contribution in [3.8, 4) is 0 Å². The number of H-pyrrole nitrogens is 1. The van der Waals surface area contributed by atoms with Crippen molar-refractivity contribution in [1.29, 1.82) is 0 Å². The molecule has 0 saturated carbocycles. The highest BCUT2D eigenvalue weighted by Crippen LogP contribution is 2.33. The lowest BCUT2D eigenvalue weighted by Crippen LogP contribution is -2.04. The van der Waals surface area contributed by atoms with Crippen molar-refractivity contribution in [2.24, 2.45) is 0 Å². The Kier molecular flexibility index (Phi) is 4.00. The molecule has 0 fully saturated rings. The summed E-state index contributed by atoms with van der Waals surface area (Å²) in [5, 5.41) is 0.456. The second kappa shape index (κ2) is 5.51. The van der Waals surface area contributed by atoms with Crippen molar-refractivity contribution >= 4 is 40.7 Å². The summed E-state index contributed by atoms with van der Waals surface area (Å²) in [5.41, 5.74) is -0.261. The predicted molar refractivity (Wildman–Crippen MR) is 67.4 cm³/mol. The van der Waals surface area contributed by atoms with Gasteiger partial charge in [0, 0.05) is 12.3 Å². The molecule has 0 aliphatic heterocycles. The van der Waals surface area contributed by atoms with Crippen LogP contribution in [0.1, 0.15) is 9.67 Å². The molecule has 6 nitrogen and oxygen atoms in total. The molecule has 0 radical (unpaired) electrons. The molecule has 0 unspecified atom stereocenters. The molecular weight excluding hydrogens is 298 g/mol. The molecule has 18 heavy (non-hydrogen) atoms. The van der Waals surface area contributed by atoms with Gasteiger partial charge in [-0.25, -0.2) is 14.8 Å². The first-order valence-electron chi connectivity index (χ1n) is 4.58. The summed E-state index contributed by atoms with van der Waals surface area (Å²) in [6, 6.07) is 1.30. The first-order chi connectivity index (χ1) is 8.60. The van der Waals surface area contributed by atoms with E-state index in [1.54, 1.807) is 0 Å². The Hall–Kier alpha value is -1.38. The summed E-state index contributed by atoms with van der Waals surface area (Å²) < 4.78 is 5.06. The first-order valence-corrected chi connectivity index (χ1v) is 6.59. The molecule has 0 aliphatic carbocycles. The van der Waals surface area contributed by atoms with E-state index in [4.69, 9.17) is 11.6 Å². The molecule has 0 amide bonds. The van der Waals surface area contributed by atoms with Gasteiger partial charge in [-0.1, -0.05) is 22.9 Å².